The minimum absolute atomic E-state index is 0.141. The Kier molecular flexibility index (Phi) is 3.58. The summed E-state index contributed by atoms with van der Waals surface area (Å²) in [6, 6.07) is 3.21. The molecule has 0 saturated carbocycles. The van der Waals surface area contributed by atoms with E-state index >= 15 is 0 Å². The maximum absolute atomic E-state index is 12.0. The lowest BCUT2D eigenvalue weighted by atomic mass is 9.91. The van der Waals surface area contributed by atoms with Crippen molar-refractivity contribution in [2.24, 2.45) is 0 Å². The first-order valence-corrected chi connectivity index (χ1v) is 6.81. The average Bonchev–Trinajstić information content (AvgIpc) is 2.87. The third kappa shape index (κ3) is 2.76. The summed E-state index contributed by atoms with van der Waals surface area (Å²) in [6.45, 7) is 1.89. The molecule has 2 aliphatic rings. The van der Waals surface area contributed by atoms with E-state index in [1.54, 1.807) is 12.1 Å². The van der Waals surface area contributed by atoms with Gasteiger partial charge in [-0.2, -0.15) is 0 Å². The van der Waals surface area contributed by atoms with E-state index in [1.807, 2.05) is 0 Å². The third-order valence-corrected chi connectivity index (χ3v) is 3.78. The molecule has 3 heterocycles. The summed E-state index contributed by atoms with van der Waals surface area (Å²) in [5, 5.41) is 0. The van der Waals surface area contributed by atoms with Gasteiger partial charge >= 0.3 is 5.97 Å². The summed E-state index contributed by atoms with van der Waals surface area (Å²) in [5.41, 5.74) is 6.08. The maximum Gasteiger partial charge on any atom is 0.357 e. The average molecular weight is 278 g/mol. The Hall–Kier alpha value is -1.66. The number of nitrogen functional groups attached to an aromatic ring is 1. The van der Waals surface area contributed by atoms with Gasteiger partial charge in [0.2, 0.25) is 0 Å². The molecule has 0 bridgehead atoms. The van der Waals surface area contributed by atoms with E-state index < -0.39 is 5.97 Å². The number of rotatable bonds is 2. The summed E-state index contributed by atoms with van der Waals surface area (Å²) in [4.78, 5) is 16.0. The second-order valence-corrected chi connectivity index (χ2v) is 5.33. The molecule has 0 aromatic carbocycles. The van der Waals surface area contributed by atoms with Crippen LogP contribution in [-0.2, 0) is 14.2 Å². The van der Waals surface area contributed by atoms with E-state index in [2.05, 4.69) is 4.98 Å². The Balaban J connectivity index is 1.62. The molecule has 6 nitrogen and oxygen atoms in total. The van der Waals surface area contributed by atoms with Gasteiger partial charge in [0.15, 0.2) is 0 Å². The van der Waals surface area contributed by atoms with Gasteiger partial charge in [0, 0.05) is 25.9 Å². The lowest BCUT2D eigenvalue weighted by Crippen LogP contribution is -2.43. The molecule has 2 fully saturated rings. The first-order chi connectivity index (χ1) is 9.67. The Morgan fingerprint density at radius 2 is 2.35 bits per heavy atom. The molecule has 0 aliphatic carbocycles. The van der Waals surface area contributed by atoms with Crippen molar-refractivity contribution in [2.45, 2.75) is 31.0 Å². The van der Waals surface area contributed by atoms with Gasteiger partial charge < -0.3 is 19.9 Å². The van der Waals surface area contributed by atoms with E-state index in [0.29, 0.717) is 38.3 Å². The molecule has 6 heteroatoms. The van der Waals surface area contributed by atoms with Crippen molar-refractivity contribution < 1.29 is 19.0 Å². The number of carbonyl (C=O) groups is 1. The molecular weight excluding hydrogens is 260 g/mol. The first-order valence-electron chi connectivity index (χ1n) is 6.81. The molecule has 20 heavy (non-hydrogen) atoms. The second kappa shape index (κ2) is 5.38. The molecule has 2 saturated heterocycles. The van der Waals surface area contributed by atoms with Crippen LogP contribution in [0.5, 0.6) is 0 Å². The summed E-state index contributed by atoms with van der Waals surface area (Å²) in [6.07, 6.45) is 3.57. The number of nitrogens with zero attached hydrogens (tertiary/aromatic N) is 1. The maximum atomic E-state index is 12.0. The Morgan fingerprint density at radius 1 is 1.45 bits per heavy atom. The van der Waals surface area contributed by atoms with E-state index in [0.717, 1.165) is 6.42 Å². The summed E-state index contributed by atoms with van der Waals surface area (Å²) >= 11 is 0. The fourth-order valence-electron chi connectivity index (χ4n) is 2.68. The Morgan fingerprint density at radius 3 is 3.05 bits per heavy atom. The zero-order valence-corrected chi connectivity index (χ0v) is 11.2. The molecule has 0 amide bonds. The minimum atomic E-state index is -0.411. The highest BCUT2D eigenvalue weighted by molar-refractivity contribution is 5.87. The molecular formula is C14H18N2O4. The van der Waals surface area contributed by atoms with E-state index in [-0.39, 0.29) is 17.4 Å². The molecule has 2 aliphatic heterocycles. The lowest BCUT2D eigenvalue weighted by molar-refractivity contribution is -0.120. The first kappa shape index (κ1) is 13.3. The number of nitrogens with two attached hydrogens (primary N) is 1. The number of esters is 1. The largest absolute Gasteiger partial charge is 0.457 e. The van der Waals surface area contributed by atoms with Crippen molar-refractivity contribution in [3.63, 3.8) is 0 Å². The SMILES string of the molecule is Nc1ccc(C(=O)OC2CCOC3(CCOC3)C2)nc1. The van der Waals surface area contributed by atoms with Crippen LogP contribution in [0.15, 0.2) is 18.3 Å². The van der Waals surface area contributed by atoms with Gasteiger partial charge in [-0.3, -0.25) is 0 Å². The highest BCUT2D eigenvalue weighted by Crippen LogP contribution is 2.34. The van der Waals surface area contributed by atoms with Gasteiger partial charge in [-0.25, -0.2) is 9.78 Å². The smallest absolute Gasteiger partial charge is 0.357 e. The van der Waals surface area contributed by atoms with Crippen molar-refractivity contribution in [3.05, 3.63) is 24.0 Å². The van der Waals surface area contributed by atoms with Gasteiger partial charge in [0.05, 0.1) is 30.7 Å². The van der Waals surface area contributed by atoms with Crippen LogP contribution in [0, 0.1) is 0 Å². The van der Waals surface area contributed by atoms with Crippen LogP contribution in [0.4, 0.5) is 5.69 Å². The van der Waals surface area contributed by atoms with Crippen LogP contribution in [0.1, 0.15) is 29.8 Å². The van der Waals surface area contributed by atoms with E-state index in [4.69, 9.17) is 19.9 Å². The van der Waals surface area contributed by atoms with Crippen molar-refractivity contribution in [3.8, 4) is 0 Å². The zero-order valence-electron chi connectivity index (χ0n) is 11.2. The topological polar surface area (TPSA) is 83.7 Å². The highest BCUT2D eigenvalue weighted by atomic mass is 16.6. The minimum Gasteiger partial charge on any atom is -0.457 e. The quantitative estimate of drug-likeness (QED) is 0.817. The van der Waals surface area contributed by atoms with Gasteiger partial charge in [-0.05, 0) is 12.1 Å². The third-order valence-electron chi connectivity index (χ3n) is 3.78. The number of pyridine rings is 1. The number of hydrogen-bond donors (Lipinski definition) is 1. The van der Waals surface area contributed by atoms with Crippen LogP contribution in [-0.4, -0.2) is 42.5 Å². The number of ether oxygens (including phenoxy) is 3. The zero-order chi connectivity index (χ0) is 14.0. The van der Waals surface area contributed by atoms with Crippen molar-refractivity contribution in [1.29, 1.82) is 0 Å². The van der Waals surface area contributed by atoms with E-state index in [9.17, 15) is 4.79 Å². The summed E-state index contributed by atoms with van der Waals surface area (Å²) in [7, 11) is 0. The van der Waals surface area contributed by atoms with Crippen LogP contribution in [0.25, 0.3) is 0 Å². The Labute approximate surface area is 117 Å². The monoisotopic (exact) mass is 278 g/mol. The summed E-state index contributed by atoms with van der Waals surface area (Å²) < 4.78 is 16.7. The molecule has 1 aromatic heterocycles. The van der Waals surface area contributed by atoms with Crippen LogP contribution in [0.2, 0.25) is 0 Å². The number of aromatic nitrogens is 1. The highest BCUT2D eigenvalue weighted by Gasteiger charge is 2.42. The summed E-state index contributed by atoms with van der Waals surface area (Å²) in [5.74, 6) is -0.411. The second-order valence-electron chi connectivity index (χ2n) is 5.33. The van der Waals surface area contributed by atoms with Crippen molar-refractivity contribution >= 4 is 11.7 Å². The molecule has 2 atom stereocenters. The fourth-order valence-corrected chi connectivity index (χ4v) is 2.68. The lowest BCUT2D eigenvalue weighted by Gasteiger charge is -2.36. The molecule has 2 N–H and O–H groups in total. The fraction of sp³-hybridized carbons (Fsp3) is 0.571. The van der Waals surface area contributed by atoms with Crippen molar-refractivity contribution in [2.75, 3.05) is 25.6 Å². The standard InChI is InChI=1S/C14H18N2O4/c15-10-1-2-12(16-8-10)13(17)20-11-3-5-19-14(7-11)4-6-18-9-14/h1-2,8,11H,3-7,9,15H2. The predicted molar refractivity (Wildman–Crippen MR) is 71.2 cm³/mol. The molecule has 0 radical (unpaired) electrons. The van der Waals surface area contributed by atoms with Gasteiger partial charge in [0.25, 0.3) is 0 Å². The molecule has 3 rings (SSSR count). The van der Waals surface area contributed by atoms with Crippen LogP contribution < -0.4 is 5.73 Å². The number of anilines is 1. The van der Waals surface area contributed by atoms with Crippen molar-refractivity contribution in [1.82, 2.24) is 4.98 Å². The van der Waals surface area contributed by atoms with E-state index in [1.165, 1.54) is 6.20 Å². The van der Waals surface area contributed by atoms with Gasteiger partial charge in [-0.15, -0.1) is 0 Å². The number of hydrogen-bond acceptors (Lipinski definition) is 6. The normalized spacial score (nSPS) is 29.5. The molecule has 1 spiro atoms. The number of carbonyl (C=O) groups excluding carboxylic acids is 1. The van der Waals surface area contributed by atoms with Gasteiger partial charge in [0.1, 0.15) is 11.8 Å². The molecule has 108 valence electrons. The molecule has 1 aromatic rings. The predicted octanol–water partition coefficient (Wildman–Crippen LogP) is 1.16. The van der Waals surface area contributed by atoms with Gasteiger partial charge in [-0.1, -0.05) is 0 Å². The Bertz CT molecular complexity index is 482. The molecule has 2 unspecified atom stereocenters. The van der Waals surface area contributed by atoms with Crippen LogP contribution in [0.3, 0.4) is 0 Å². The van der Waals surface area contributed by atoms with Crippen LogP contribution >= 0.6 is 0 Å².